The summed E-state index contributed by atoms with van der Waals surface area (Å²) in [6.07, 6.45) is 18.8. The first-order valence-corrected chi connectivity index (χ1v) is 9.55. The second-order valence-corrected chi connectivity index (χ2v) is 6.39. The van der Waals surface area contributed by atoms with Crippen LogP contribution in [0.15, 0.2) is 0 Å². The fraction of sp³-hybridized carbons (Fsp3) is 0.947. The first-order chi connectivity index (χ1) is 10.8. The van der Waals surface area contributed by atoms with E-state index in [1.807, 2.05) is 7.05 Å². The van der Waals surface area contributed by atoms with Gasteiger partial charge < -0.3 is 10.1 Å². The molecule has 0 saturated carbocycles. The van der Waals surface area contributed by atoms with E-state index in [1.165, 1.54) is 96.9 Å². The second kappa shape index (κ2) is 18.5. The molecule has 0 bridgehead atoms. The number of unbranched alkanes of at least 4 members (excludes halogenated alkanes) is 13. The van der Waals surface area contributed by atoms with Crippen molar-refractivity contribution in [1.29, 1.82) is 0 Å². The average molecular weight is 314 g/mol. The van der Waals surface area contributed by atoms with Gasteiger partial charge in [0.1, 0.15) is 0 Å². The van der Waals surface area contributed by atoms with Gasteiger partial charge in [-0.05, 0) is 26.4 Å². The lowest BCUT2D eigenvalue weighted by atomic mass is 10.0. The maximum atomic E-state index is 10.6. The molecule has 1 N–H and O–H groups in total. The summed E-state index contributed by atoms with van der Waals surface area (Å²) >= 11 is 0. The van der Waals surface area contributed by atoms with Crippen LogP contribution in [0.3, 0.4) is 0 Å². The molecule has 0 heterocycles. The van der Waals surface area contributed by atoms with E-state index in [2.05, 4.69) is 5.32 Å². The number of carbonyl (C=O) groups is 1. The largest absolute Gasteiger partial charge is 0.466 e. The summed E-state index contributed by atoms with van der Waals surface area (Å²) in [6, 6.07) is 0. The smallest absolute Gasteiger partial charge is 0.302 e. The molecule has 22 heavy (non-hydrogen) atoms. The van der Waals surface area contributed by atoms with Gasteiger partial charge in [-0.15, -0.1) is 0 Å². The van der Waals surface area contributed by atoms with Gasteiger partial charge in [-0.1, -0.05) is 77.0 Å². The Kier molecular flexibility index (Phi) is 18.0. The van der Waals surface area contributed by atoms with E-state index in [1.54, 1.807) is 0 Å². The van der Waals surface area contributed by atoms with Crippen molar-refractivity contribution in [2.24, 2.45) is 0 Å². The quantitative estimate of drug-likeness (QED) is 0.295. The summed E-state index contributed by atoms with van der Waals surface area (Å²) in [6.45, 7) is 3.25. The summed E-state index contributed by atoms with van der Waals surface area (Å²) in [5.41, 5.74) is 0. The zero-order chi connectivity index (χ0) is 16.3. The van der Waals surface area contributed by atoms with Crippen molar-refractivity contribution in [2.45, 2.75) is 96.8 Å². The zero-order valence-corrected chi connectivity index (χ0v) is 15.1. The SMILES string of the molecule is CNCCCCCCCCCCCCCCCCOC(C)=O. The Morgan fingerprint density at radius 3 is 1.41 bits per heavy atom. The highest BCUT2D eigenvalue weighted by molar-refractivity contribution is 5.65. The summed E-state index contributed by atoms with van der Waals surface area (Å²) in [5.74, 6) is -0.155. The highest BCUT2D eigenvalue weighted by Crippen LogP contribution is 2.12. The first-order valence-electron chi connectivity index (χ1n) is 9.55. The highest BCUT2D eigenvalue weighted by atomic mass is 16.5. The molecule has 0 aromatic heterocycles. The van der Waals surface area contributed by atoms with Crippen LogP contribution in [0, 0.1) is 0 Å². The Morgan fingerprint density at radius 1 is 0.682 bits per heavy atom. The monoisotopic (exact) mass is 313 g/mol. The molecule has 3 nitrogen and oxygen atoms in total. The van der Waals surface area contributed by atoms with Crippen LogP contribution in [0.5, 0.6) is 0 Å². The van der Waals surface area contributed by atoms with Crippen molar-refractivity contribution in [3.63, 3.8) is 0 Å². The Bertz CT molecular complexity index is 231. The molecule has 0 spiro atoms. The lowest BCUT2D eigenvalue weighted by molar-refractivity contribution is -0.141. The molecule has 0 aliphatic rings. The Morgan fingerprint density at radius 2 is 1.05 bits per heavy atom. The molecule has 0 aliphatic carbocycles. The second-order valence-electron chi connectivity index (χ2n) is 6.39. The number of nitrogens with one attached hydrogen (secondary N) is 1. The number of hydrogen-bond acceptors (Lipinski definition) is 3. The molecule has 0 amide bonds. The van der Waals surface area contributed by atoms with Crippen LogP contribution < -0.4 is 5.32 Å². The molecule has 0 atom stereocenters. The molecular formula is C19H39NO2. The Balaban J connectivity index is 2.95. The number of ether oxygens (including phenoxy) is 1. The van der Waals surface area contributed by atoms with Crippen molar-refractivity contribution in [1.82, 2.24) is 5.32 Å². The van der Waals surface area contributed by atoms with E-state index in [0.717, 1.165) is 6.42 Å². The number of rotatable bonds is 17. The third-order valence-electron chi connectivity index (χ3n) is 4.13. The lowest BCUT2D eigenvalue weighted by Gasteiger charge is -2.04. The third kappa shape index (κ3) is 19.4. The standard InChI is InChI=1S/C19H39NO2/c1-19(21)22-18-16-14-12-10-8-6-4-3-5-7-9-11-13-15-17-20-2/h20H,3-18H2,1-2H3. The van der Waals surface area contributed by atoms with Crippen LogP contribution in [0.4, 0.5) is 0 Å². The van der Waals surface area contributed by atoms with Gasteiger partial charge in [0.15, 0.2) is 0 Å². The Hall–Kier alpha value is -0.570. The minimum atomic E-state index is -0.155. The minimum absolute atomic E-state index is 0.155. The van der Waals surface area contributed by atoms with Gasteiger partial charge in [0.05, 0.1) is 6.61 Å². The van der Waals surface area contributed by atoms with Crippen LogP contribution in [0.2, 0.25) is 0 Å². The summed E-state index contributed by atoms with van der Waals surface area (Å²) in [4.78, 5) is 10.6. The fourth-order valence-corrected chi connectivity index (χ4v) is 2.74. The van der Waals surface area contributed by atoms with E-state index >= 15 is 0 Å². The van der Waals surface area contributed by atoms with Crippen LogP contribution in [0.25, 0.3) is 0 Å². The number of esters is 1. The van der Waals surface area contributed by atoms with Gasteiger partial charge in [0.2, 0.25) is 0 Å². The van der Waals surface area contributed by atoms with Gasteiger partial charge in [-0.25, -0.2) is 0 Å². The molecule has 0 aliphatic heterocycles. The van der Waals surface area contributed by atoms with Crippen LogP contribution >= 0.6 is 0 Å². The maximum Gasteiger partial charge on any atom is 0.302 e. The number of carbonyl (C=O) groups excluding carboxylic acids is 1. The minimum Gasteiger partial charge on any atom is -0.466 e. The zero-order valence-electron chi connectivity index (χ0n) is 15.1. The van der Waals surface area contributed by atoms with Crippen molar-refractivity contribution >= 4 is 5.97 Å². The predicted octanol–water partition coefficient (Wildman–Crippen LogP) is 5.23. The third-order valence-corrected chi connectivity index (χ3v) is 4.13. The van der Waals surface area contributed by atoms with Crippen LogP contribution in [-0.2, 0) is 9.53 Å². The summed E-state index contributed by atoms with van der Waals surface area (Å²) < 4.78 is 4.92. The molecule has 0 fully saturated rings. The molecule has 0 aromatic carbocycles. The Labute approximate surface area is 138 Å². The van der Waals surface area contributed by atoms with E-state index < -0.39 is 0 Å². The topological polar surface area (TPSA) is 38.3 Å². The molecule has 0 radical (unpaired) electrons. The summed E-state index contributed by atoms with van der Waals surface area (Å²) in [5, 5.41) is 3.20. The fourth-order valence-electron chi connectivity index (χ4n) is 2.74. The molecule has 0 saturated heterocycles. The van der Waals surface area contributed by atoms with Gasteiger partial charge in [0, 0.05) is 6.92 Å². The molecule has 0 aromatic rings. The predicted molar refractivity (Wildman–Crippen MR) is 95.2 cm³/mol. The van der Waals surface area contributed by atoms with E-state index in [-0.39, 0.29) is 5.97 Å². The van der Waals surface area contributed by atoms with Gasteiger partial charge >= 0.3 is 5.97 Å². The molecule has 0 rings (SSSR count). The van der Waals surface area contributed by atoms with Crippen LogP contribution in [-0.4, -0.2) is 26.2 Å². The maximum absolute atomic E-state index is 10.6. The van der Waals surface area contributed by atoms with Crippen molar-refractivity contribution in [3.8, 4) is 0 Å². The highest BCUT2D eigenvalue weighted by Gasteiger charge is 1.95. The van der Waals surface area contributed by atoms with Crippen molar-refractivity contribution in [2.75, 3.05) is 20.2 Å². The van der Waals surface area contributed by atoms with E-state index in [4.69, 9.17) is 4.74 Å². The van der Waals surface area contributed by atoms with Crippen molar-refractivity contribution in [3.05, 3.63) is 0 Å². The summed E-state index contributed by atoms with van der Waals surface area (Å²) in [7, 11) is 2.03. The van der Waals surface area contributed by atoms with Crippen molar-refractivity contribution < 1.29 is 9.53 Å². The van der Waals surface area contributed by atoms with E-state index in [9.17, 15) is 4.79 Å². The molecule has 3 heteroatoms. The first kappa shape index (κ1) is 21.4. The number of hydrogen-bond donors (Lipinski definition) is 1. The molecular weight excluding hydrogens is 274 g/mol. The van der Waals surface area contributed by atoms with Gasteiger partial charge in [-0.3, -0.25) is 4.79 Å². The normalized spacial score (nSPS) is 10.8. The van der Waals surface area contributed by atoms with E-state index in [0.29, 0.717) is 6.61 Å². The van der Waals surface area contributed by atoms with Crippen LogP contribution in [0.1, 0.15) is 96.8 Å². The molecule has 0 unspecified atom stereocenters. The lowest BCUT2D eigenvalue weighted by Crippen LogP contribution is -2.06. The van der Waals surface area contributed by atoms with Gasteiger partial charge in [-0.2, -0.15) is 0 Å². The average Bonchev–Trinajstić information content (AvgIpc) is 2.50. The molecule has 132 valence electrons. The van der Waals surface area contributed by atoms with Gasteiger partial charge in [0.25, 0.3) is 0 Å².